The maximum absolute atomic E-state index is 6.30. The van der Waals surface area contributed by atoms with Crippen molar-refractivity contribution in [3.63, 3.8) is 0 Å². The van der Waals surface area contributed by atoms with Gasteiger partial charge >= 0.3 is 0 Å². The average molecular weight is 219 g/mol. The highest BCUT2D eigenvalue weighted by atomic mass is 14.6. The molecule has 2 N–H and O–H groups in total. The van der Waals surface area contributed by atoms with Crippen molar-refractivity contribution < 1.29 is 0 Å². The van der Waals surface area contributed by atoms with Gasteiger partial charge in [0.05, 0.1) is 0 Å². The summed E-state index contributed by atoms with van der Waals surface area (Å²) in [5.74, 6) is 1.39. The van der Waals surface area contributed by atoms with E-state index in [0.29, 0.717) is 5.92 Å². The molecule has 0 aliphatic rings. The average Bonchev–Trinajstić information content (AvgIpc) is 2.35. The van der Waals surface area contributed by atoms with Crippen LogP contribution in [0, 0.1) is 11.8 Å². The molecule has 0 aliphatic heterocycles. The van der Waals surface area contributed by atoms with E-state index in [4.69, 9.17) is 5.73 Å². The van der Waals surface area contributed by atoms with Crippen LogP contribution in [0.4, 0.5) is 0 Å². The minimum Gasteiger partial charge on any atom is -0.324 e. The van der Waals surface area contributed by atoms with Crippen molar-refractivity contribution in [3.05, 3.63) is 35.9 Å². The molecular weight excluding hydrogens is 194 g/mol. The Morgan fingerprint density at radius 1 is 1.06 bits per heavy atom. The first-order chi connectivity index (χ1) is 7.69. The monoisotopic (exact) mass is 219 g/mol. The van der Waals surface area contributed by atoms with Gasteiger partial charge in [0.15, 0.2) is 0 Å². The van der Waals surface area contributed by atoms with E-state index in [0.717, 1.165) is 5.92 Å². The Morgan fingerprint density at radius 2 is 1.62 bits per heavy atom. The molecule has 16 heavy (non-hydrogen) atoms. The number of benzene rings is 1. The van der Waals surface area contributed by atoms with E-state index in [2.05, 4.69) is 45.0 Å². The standard InChI is InChI=1S/C15H25N/c1-4-13(5-2)11-12(3)15(16)14-9-7-6-8-10-14/h6-10,12-13,15H,4-5,11,16H2,1-3H3. The largest absolute Gasteiger partial charge is 0.324 e. The first-order valence-electron chi connectivity index (χ1n) is 6.49. The Hall–Kier alpha value is -0.820. The zero-order valence-electron chi connectivity index (χ0n) is 10.8. The predicted molar refractivity (Wildman–Crippen MR) is 71.2 cm³/mol. The molecule has 1 aromatic carbocycles. The predicted octanol–water partition coefficient (Wildman–Crippen LogP) is 4.15. The van der Waals surface area contributed by atoms with Crippen molar-refractivity contribution >= 4 is 0 Å². The number of hydrogen-bond acceptors (Lipinski definition) is 1. The summed E-state index contributed by atoms with van der Waals surface area (Å²) in [5.41, 5.74) is 7.56. The zero-order valence-corrected chi connectivity index (χ0v) is 10.8. The second-order valence-corrected chi connectivity index (χ2v) is 4.83. The SMILES string of the molecule is CCC(CC)CC(C)C(N)c1ccccc1. The quantitative estimate of drug-likeness (QED) is 0.764. The lowest BCUT2D eigenvalue weighted by atomic mass is 9.85. The van der Waals surface area contributed by atoms with Crippen molar-refractivity contribution in [2.75, 3.05) is 0 Å². The molecule has 0 heterocycles. The molecule has 0 amide bonds. The maximum atomic E-state index is 6.30. The summed E-state index contributed by atoms with van der Waals surface area (Å²) in [7, 11) is 0. The first kappa shape index (κ1) is 13.2. The summed E-state index contributed by atoms with van der Waals surface area (Å²) >= 11 is 0. The first-order valence-corrected chi connectivity index (χ1v) is 6.49. The lowest BCUT2D eigenvalue weighted by Gasteiger charge is -2.24. The molecule has 0 fully saturated rings. The summed E-state index contributed by atoms with van der Waals surface area (Å²) in [6.45, 7) is 6.82. The van der Waals surface area contributed by atoms with Gasteiger partial charge in [-0.1, -0.05) is 63.9 Å². The van der Waals surface area contributed by atoms with Gasteiger partial charge in [0.1, 0.15) is 0 Å². The van der Waals surface area contributed by atoms with E-state index in [1.165, 1.54) is 24.8 Å². The van der Waals surface area contributed by atoms with Crippen LogP contribution < -0.4 is 5.73 Å². The number of hydrogen-bond donors (Lipinski definition) is 1. The van der Waals surface area contributed by atoms with Crippen LogP contribution >= 0.6 is 0 Å². The molecule has 0 aromatic heterocycles. The topological polar surface area (TPSA) is 26.0 Å². The van der Waals surface area contributed by atoms with Crippen molar-refractivity contribution in [2.45, 2.75) is 46.1 Å². The molecule has 0 spiro atoms. The molecule has 1 heteroatoms. The van der Waals surface area contributed by atoms with Gasteiger partial charge in [0.2, 0.25) is 0 Å². The van der Waals surface area contributed by atoms with Crippen LogP contribution in [0.15, 0.2) is 30.3 Å². The minimum absolute atomic E-state index is 0.182. The summed E-state index contributed by atoms with van der Waals surface area (Å²) < 4.78 is 0. The summed E-state index contributed by atoms with van der Waals surface area (Å²) in [4.78, 5) is 0. The Morgan fingerprint density at radius 3 is 2.12 bits per heavy atom. The van der Waals surface area contributed by atoms with Crippen LogP contribution in [0.5, 0.6) is 0 Å². The van der Waals surface area contributed by atoms with Crippen LogP contribution in [0.3, 0.4) is 0 Å². The van der Waals surface area contributed by atoms with Crippen LogP contribution in [0.2, 0.25) is 0 Å². The fraction of sp³-hybridized carbons (Fsp3) is 0.600. The van der Waals surface area contributed by atoms with Crippen molar-refractivity contribution in [2.24, 2.45) is 17.6 Å². The van der Waals surface area contributed by atoms with E-state index >= 15 is 0 Å². The van der Waals surface area contributed by atoms with Gasteiger partial charge in [-0.2, -0.15) is 0 Å². The molecule has 0 saturated carbocycles. The van der Waals surface area contributed by atoms with Gasteiger partial charge in [-0.15, -0.1) is 0 Å². The molecule has 0 saturated heterocycles. The van der Waals surface area contributed by atoms with Crippen LogP contribution in [-0.4, -0.2) is 0 Å². The van der Waals surface area contributed by atoms with Crippen molar-refractivity contribution in [3.8, 4) is 0 Å². The van der Waals surface area contributed by atoms with Gasteiger partial charge in [-0.3, -0.25) is 0 Å². The smallest absolute Gasteiger partial charge is 0.0320 e. The Kier molecular flexibility index (Phi) is 5.54. The molecule has 2 atom stereocenters. The van der Waals surface area contributed by atoms with Crippen LogP contribution in [0.25, 0.3) is 0 Å². The second-order valence-electron chi connectivity index (χ2n) is 4.83. The Balaban J connectivity index is 2.57. The summed E-state index contributed by atoms with van der Waals surface area (Å²) in [5, 5.41) is 0. The summed E-state index contributed by atoms with van der Waals surface area (Å²) in [6.07, 6.45) is 3.77. The molecule has 1 nitrogen and oxygen atoms in total. The van der Waals surface area contributed by atoms with E-state index < -0.39 is 0 Å². The molecule has 0 aliphatic carbocycles. The summed E-state index contributed by atoms with van der Waals surface area (Å²) in [6, 6.07) is 10.6. The molecular formula is C15H25N. The van der Waals surface area contributed by atoms with E-state index in [1.54, 1.807) is 0 Å². The van der Waals surface area contributed by atoms with Gasteiger partial charge < -0.3 is 5.73 Å². The molecule has 1 aromatic rings. The van der Waals surface area contributed by atoms with Crippen LogP contribution in [0.1, 0.15) is 51.6 Å². The van der Waals surface area contributed by atoms with E-state index in [9.17, 15) is 0 Å². The third kappa shape index (κ3) is 3.64. The van der Waals surface area contributed by atoms with E-state index in [-0.39, 0.29) is 6.04 Å². The Bertz CT molecular complexity index is 277. The number of rotatable bonds is 6. The molecule has 0 radical (unpaired) electrons. The van der Waals surface area contributed by atoms with Crippen LogP contribution in [-0.2, 0) is 0 Å². The number of nitrogens with two attached hydrogens (primary N) is 1. The highest BCUT2D eigenvalue weighted by Crippen LogP contribution is 2.27. The van der Waals surface area contributed by atoms with Gasteiger partial charge in [0.25, 0.3) is 0 Å². The minimum atomic E-state index is 0.182. The highest BCUT2D eigenvalue weighted by Gasteiger charge is 2.17. The molecule has 90 valence electrons. The fourth-order valence-corrected chi connectivity index (χ4v) is 2.30. The maximum Gasteiger partial charge on any atom is 0.0320 e. The normalized spacial score (nSPS) is 15.1. The van der Waals surface area contributed by atoms with Gasteiger partial charge in [-0.25, -0.2) is 0 Å². The zero-order chi connectivity index (χ0) is 12.0. The van der Waals surface area contributed by atoms with Crippen molar-refractivity contribution in [1.29, 1.82) is 0 Å². The lowest BCUT2D eigenvalue weighted by molar-refractivity contribution is 0.332. The third-order valence-electron chi connectivity index (χ3n) is 3.66. The fourth-order valence-electron chi connectivity index (χ4n) is 2.30. The van der Waals surface area contributed by atoms with Crippen molar-refractivity contribution in [1.82, 2.24) is 0 Å². The van der Waals surface area contributed by atoms with Gasteiger partial charge in [0, 0.05) is 6.04 Å². The highest BCUT2D eigenvalue weighted by molar-refractivity contribution is 5.18. The third-order valence-corrected chi connectivity index (χ3v) is 3.66. The molecule has 2 unspecified atom stereocenters. The second kappa shape index (κ2) is 6.70. The molecule has 1 rings (SSSR count). The van der Waals surface area contributed by atoms with E-state index in [1.807, 2.05) is 6.07 Å². The lowest BCUT2D eigenvalue weighted by Crippen LogP contribution is -2.21. The Labute approximate surface area is 100 Å². The molecule has 0 bridgehead atoms. The van der Waals surface area contributed by atoms with Gasteiger partial charge in [-0.05, 0) is 23.8 Å².